The molecule has 0 spiro atoms. The molecule has 2 aromatic rings. The number of aromatic nitrogens is 1. The van der Waals surface area contributed by atoms with E-state index in [1.165, 1.54) is 0 Å². The summed E-state index contributed by atoms with van der Waals surface area (Å²) >= 11 is 11.7. The van der Waals surface area contributed by atoms with E-state index >= 15 is 0 Å². The first kappa shape index (κ1) is 25.8. The van der Waals surface area contributed by atoms with E-state index in [4.69, 9.17) is 14.2 Å². The predicted octanol–water partition coefficient (Wildman–Crippen LogP) is 3.11. The lowest BCUT2D eigenvalue weighted by atomic mass is 9.99. The fourth-order valence-electron chi connectivity index (χ4n) is 2.80. The molecule has 0 unspecified atom stereocenters. The van der Waals surface area contributed by atoms with Crippen molar-refractivity contribution in [3.05, 3.63) is 41.2 Å². The zero-order valence-electron chi connectivity index (χ0n) is 16.9. The number of thiol groups is 3. The van der Waals surface area contributed by atoms with E-state index in [1.54, 1.807) is 18.2 Å². The van der Waals surface area contributed by atoms with Crippen molar-refractivity contribution in [3.63, 3.8) is 0 Å². The topological polar surface area (TPSA) is 96.3 Å². The van der Waals surface area contributed by atoms with Crippen LogP contribution < -0.4 is 4.74 Å². The highest BCUT2D eigenvalue weighted by Gasteiger charge is 2.16. The third-order valence-corrected chi connectivity index (χ3v) is 4.80. The summed E-state index contributed by atoms with van der Waals surface area (Å²) in [5, 5.41) is 9.48. The fourth-order valence-corrected chi connectivity index (χ4v) is 3.40. The quantitative estimate of drug-likeness (QED) is 0.195. The van der Waals surface area contributed by atoms with Gasteiger partial charge in [0.25, 0.3) is 0 Å². The lowest BCUT2D eigenvalue weighted by molar-refractivity contribution is 0.0293. The van der Waals surface area contributed by atoms with Crippen molar-refractivity contribution in [1.29, 1.82) is 0 Å². The molecule has 0 aliphatic heterocycles. The first-order chi connectivity index (χ1) is 15.0. The molecule has 0 aliphatic carbocycles. The summed E-state index contributed by atoms with van der Waals surface area (Å²) in [6, 6.07) is 6.90. The average Bonchev–Trinajstić information content (AvgIpc) is 2.76. The maximum atomic E-state index is 11.8. The second kappa shape index (κ2) is 13.8. The van der Waals surface area contributed by atoms with Crippen LogP contribution in [0.25, 0.3) is 11.1 Å². The number of aliphatic hydroxyl groups excluding tert-OH is 1. The van der Waals surface area contributed by atoms with Crippen molar-refractivity contribution in [2.24, 2.45) is 0 Å². The molecule has 2 rings (SSSR count). The molecule has 0 aliphatic rings. The normalized spacial score (nSPS) is 10.9. The third-order valence-electron chi connectivity index (χ3n) is 4.10. The number of pyridine rings is 1. The smallest absolute Gasteiger partial charge is 0.368 e. The summed E-state index contributed by atoms with van der Waals surface area (Å²) in [6.07, 6.45) is 0. The number of aliphatic hydroxyl groups is 1. The van der Waals surface area contributed by atoms with Crippen LogP contribution in [0.3, 0.4) is 0 Å². The summed E-state index contributed by atoms with van der Waals surface area (Å²) < 4.78 is 25.5. The van der Waals surface area contributed by atoms with Gasteiger partial charge in [0.15, 0.2) is 0 Å². The maximum Gasteiger partial charge on any atom is 0.368 e. The van der Waals surface area contributed by atoms with Crippen LogP contribution in [0.1, 0.15) is 21.7 Å². The van der Waals surface area contributed by atoms with Gasteiger partial charge in [-0.25, -0.2) is 9.78 Å². The predicted molar refractivity (Wildman–Crippen MR) is 124 cm³/mol. The summed E-state index contributed by atoms with van der Waals surface area (Å²) in [7, 11) is 0. The van der Waals surface area contributed by atoms with E-state index in [-0.39, 0.29) is 12.3 Å². The van der Waals surface area contributed by atoms with Gasteiger partial charge in [0.2, 0.25) is 0 Å². The van der Waals surface area contributed by atoms with Gasteiger partial charge in [0, 0.05) is 17.8 Å². The monoisotopic (exact) mass is 487 g/mol. The van der Waals surface area contributed by atoms with Crippen LogP contribution >= 0.6 is 38.4 Å². The first-order valence-corrected chi connectivity index (χ1v) is 10.5. The molecule has 11 heteroatoms. The molecule has 1 aromatic carbocycles. The van der Waals surface area contributed by atoms with E-state index in [0.29, 0.717) is 61.5 Å². The highest BCUT2D eigenvalue weighted by Crippen LogP contribution is 2.34. The highest BCUT2D eigenvalue weighted by molar-refractivity contribution is 7.80. The number of benzene rings is 1. The molecule has 170 valence electrons. The van der Waals surface area contributed by atoms with Crippen LogP contribution in [0, 0.1) is 6.92 Å². The minimum absolute atomic E-state index is 0.0447. The van der Waals surface area contributed by atoms with Gasteiger partial charge in [-0.2, -0.15) is 0 Å². The van der Waals surface area contributed by atoms with Crippen LogP contribution in [-0.2, 0) is 24.4 Å². The number of aryl methyl sites for hydroxylation is 1. The Balaban J connectivity index is 2.00. The standard InChI is InChI=1S/C20H25NO7S3/c1-13-8-16(26-6-4-24-2-3-25-5-7-27-30)11-18(29)19(13)14-9-15(12-22)21-17(10-14)20(23)28-31/h8-11,22,29-31H,2-7,12H2,1H3. The molecule has 1 N–H and O–H groups in total. The van der Waals surface area contributed by atoms with Crippen molar-refractivity contribution in [3.8, 4) is 16.9 Å². The van der Waals surface area contributed by atoms with E-state index in [2.05, 4.69) is 51.8 Å². The average molecular weight is 488 g/mol. The van der Waals surface area contributed by atoms with Crippen molar-refractivity contribution in [1.82, 2.24) is 4.98 Å². The molecule has 1 aromatic heterocycles. The molecule has 0 bridgehead atoms. The second-order valence-electron chi connectivity index (χ2n) is 6.31. The summed E-state index contributed by atoms with van der Waals surface area (Å²) in [5.74, 6) is -0.0675. The summed E-state index contributed by atoms with van der Waals surface area (Å²) in [6.45, 7) is 4.18. The van der Waals surface area contributed by atoms with E-state index in [1.807, 2.05) is 13.0 Å². The molecule has 8 nitrogen and oxygen atoms in total. The number of hydrogen-bond acceptors (Lipinski definition) is 11. The molecule has 0 radical (unpaired) electrons. The number of carbonyl (C=O) groups excluding carboxylic acids is 1. The number of nitrogens with zero attached hydrogens (tertiary/aromatic N) is 1. The molecule has 0 saturated carbocycles. The molecular weight excluding hydrogens is 462 g/mol. The van der Waals surface area contributed by atoms with Crippen molar-refractivity contribution in [2.45, 2.75) is 18.4 Å². The van der Waals surface area contributed by atoms with Crippen molar-refractivity contribution < 1.29 is 32.5 Å². The van der Waals surface area contributed by atoms with Crippen LogP contribution in [0.2, 0.25) is 0 Å². The van der Waals surface area contributed by atoms with Crippen LogP contribution in [0.15, 0.2) is 29.2 Å². The number of hydrogen-bond donors (Lipinski definition) is 4. The number of rotatable bonds is 13. The molecule has 0 atom stereocenters. The van der Waals surface area contributed by atoms with Gasteiger partial charge >= 0.3 is 5.97 Å². The van der Waals surface area contributed by atoms with Gasteiger partial charge in [-0.15, -0.1) is 12.6 Å². The Hall–Kier alpha value is -1.47. The lowest BCUT2D eigenvalue weighted by Gasteiger charge is -2.15. The van der Waals surface area contributed by atoms with Crippen molar-refractivity contribution >= 4 is 44.4 Å². The Kier molecular flexibility index (Phi) is 11.5. The van der Waals surface area contributed by atoms with Gasteiger partial charge in [-0.05, 0) is 60.8 Å². The van der Waals surface area contributed by atoms with Crippen molar-refractivity contribution in [2.75, 3.05) is 39.6 Å². The summed E-state index contributed by atoms with van der Waals surface area (Å²) in [4.78, 5) is 16.5. The Labute approximate surface area is 197 Å². The molecule has 0 saturated heterocycles. The van der Waals surface area contributed by atoms with Gasteiger partial charge in [0.1, 0.15) is 18.1 Å². The minimum atomic E-state index is -0.710. The van der Waals surface area contributed by atoms with E-state index in [0.717, 1.165) is 11.1 Å². The SMILES string of the molecule is Cc1cc(OCCOCCOCCOS)cc(S)c1-c1cc(CO)nc(C(=O)OS)c1. The lowest BCUT2D eigenvalue weighted by Crippen LogP contribution is -2.12. The largest absolute Gasteiger partial charge is 0.491 e. The van der Waals surface area contributed by atoms with E-state index < -0.39 is 5.97 Å². The molecule has 31 heavy (non-hydrogen) atoms. The Bertz CT molecular complexity index is 844. The molecule has 0 amide bonds. The molecule has 0 fully saturated rings. The fraction of sp³-hybridized carbons (Fsp3) is 0.400. The van der Waals surface area contributed by atoms with Crippen LogP contribution in [0.5, 0.6) is 5.75 Å². The third kappa shape index (κ3) is 8.19. The van der Waals surface area contributed by atoms with Gasteiger partial charge in [-0.1, -0.05) is 0 Å². The first-order valence-electron chi connectivity index (χ1n) is 9.36. The van der Waals surface area contributed by atoms with Gasteiger partial charge in [0.05, 0.1) is 45.3 Å². The number of carbonyl (C=O) groups is 1. The minimum Gasteiger partial charge on any atom is -0.491 e. The second-order valence-corrected chi connectivity index (χ2v) is 7.23. The Morgan fingerprint density at radius 3 is 2.29 bits per heavy atom. The Morgan fingerprint density at radius 1 is 1.00 bits per heavy atom. The molecule has 1 heterocycles. The Morgan fingerprint density at radius 2 is 1.68 bits per heavy atom. The highest BCUT2D eigenvalue weighted by atomic mass is 32.1. The molecular formula is C20H25NO7S3. The van der Waals surface area contributed by atoms with Crippen LogP contribution in [0.4, 0.5) is 0 Å². The summed E-state index contributed by atoms with van der Waals surface area (Å²) in [5.41, 5.74) is 2.72. The van der Waals surface area contributed by atoms with Gasteiger partial charge in [-0.3, -0.25) is 0 Å². The van der Waals surface area contributed by atoms with Crippen LogP contribution in [-0.4, -0.2) is 55.7 Å². The zero-order valence-corrected chi connectivity index (χ0v) is 19.6. The maximum absolute atomic E-state index is 11.8. The number of ether oxygens (including phenoxy) is 3. The van der Waals surface area contributed by atoms with Gasteiger partial charge < -0.3 is 27.7 Å². The van der Waals surface area contributed by atoms with E-state index in [9.17, 15) is 9.90 Å². The zero-order chi connectivity index (χ0) is 22.6.